The Labute approximate surface area is 114 Å². The van der Waals surface area contributed by atoms with Gasteiger partial charge in [-0.15, -0.1) is 0 Å². The van der Waals surface area contributed by atoms with Gasteiger partial charge < -0.3 is 15.4 Å². The summed E-state index contributed by atoms with van der Waals surface area (Å²) in [5.41, 5.74) is 7.84. The van der Waals surface area contributed by atoms with Gasteiger partial charge in [0.1, 0.15) is 11.6 Å². The average molecular weight is 259 g/mol. The zero-order valence-corrected chi connectivity index (χ0v) is 11.6. The Hall–Kier alpha value is -1.89. The molecule has 4 nitrogen and oxygen atoms in total. The van der Waals surface area contributed by atoms with Gasteiger partial charge in [0.2, 0.25) is 0 Å². The van der Waals surface area contributed by atoms with Crippen LogP contribution in [0.25, 0.3) is 0 Å². The van der Waals surface area contributed by atoms with Gasteiger partial charge >= 0.3 is 0 Å². The van der Waals surface area contributed by atoms with Gasteiger partial charge in [0, 0.05) is 19.0 Å². The van der Waals surface area contributed by atoms with Crippen molar-refractivity contribution in [2.75, 3.05) is 30.3 Å². The molecule has 0 radical (unpaired) electrons. The first-order valence-corrected chi connectivity index (χ1v) is 6.91. The summed E-state index contributed by atoms with van der Waals surface area (Å²) >= 11 is 0. The van der Waals surface area contributed by atoms with Crippen molar-refractivity contribution in [1.82, 2.24) is 0 Å². The third-order valence-corrected chi connectivity index (χ3v) is 3.63. The van der Waals surface area contributed by atoms with Gasteiger partial charge in [0.25, 0.3) is 0 Å². The van der Waals surface area contributed by atoms with E-state index in [1.807, 2.05) is 6.07 Å². The van der Waals surface area contributed by atoms with Gasteiger partial charge in [-0.3, -0.25) is 0 Å². The van der Waals surface area contributed by atoms with Crippen LogP contribution in [0.15, 0.2) is 12.1 Å². The molecule has 1 aliphatic rings. The number of nitrogens with two attached hydrogens (primary N) is 1. The van der Waals surface area contributed by atoms with E-state index >= 15 is 0 Å². The first-order valence-electron chi connectivity index (χ1n) is 6.91. The quantitative estimate of drug-likeness (QED) is 0.848. The van der Waals surface area contributed by atoms with Crippen molar-refractivity contribution in [2.45, 2.75) is 26.7 Å². The number of nitrogen functional groups attached to an aromatic ring is 1. The van der Waals surface area contributed by atoms with E-state index in [1.165, 1.54) is 0 Å². The fourth-order valence-corrected chi connectivity index (χ4v) is 2.49. The molecule has 2 N–H and O–H groups in total. The molecule has 1 aliphatic heterocycles. The van der Waals surface area contributed by atoms with Crippen LogP contribution in [0.3, 0.4) is 0 Å². The van der Waals surface area contributed by atoms with E-state index < -0.39 is 0 Å². The average Bonchev–Trinajstić information content (AvgIpc) is 2.59. The van der Waals surface area contributed by atoms with E-state index in [0.717, 1.165) is 31.6 Å². The molecule has 0 aromatic heterocycles. The maximum Gasteiger partial charge on any atom is 0.162 e. The molecule has 1 aromatic rings. The number of anilines is 2. The van der Waals surface area contributed by atoms with Crippen molar-refractivity contribution in [1.29, 1.82) is 5.26 Å². The Kier molecular flexibility index (Phi) is 4.16. The molecule has 0 fully saturated rings. The predicted molar refractivity (Wildman–Crippen MR) is 77.3 cm³/mol. The molecule has 0 aliphatic carbocycles. The fourth-order valence-electron chi connectivity index (χ4n) is 2.49. The summed E-state index contributed by atoms with van der Waals surface area (Å²) in [6.07, 6.45) is 2.15. The molecule has 4 heteroatoms. The molecule has 0 bridgehead atoms. The Morgan fingerprint density at radius 1 is 1.47 bits per heavy atom. The van der Waals surface area contributed by atoms with Gasteiger partial charge in [0.05, 0.1) is 18.0 Å². The van der Waals surface area contributed by atoms with Crippen molar-refractivity contribution < 1.29 is 4.74 Å². The lowest BCUT2D eigenvalue weighted by molar-refractivity contribution is 0.257. The number of nitrogens with zero attached hydrogens (tertiary/aromatic N) is 2. The molecule has 0 saturated carbocycles. The summed E-state index contributed by atoms with van der Waals surface area (Å²) in [6.45, 7) is 6.94. The minimum atomic E-state index is 0.468. The monoisotopic (exact) mass is 259 g/mol. The number of ether oxygens (including phenoxy) is 1. The van der Waals surface area contributed by atoms with Crippen LogP contribution < -0.4 is 15.4 Å². The zero-order chi connectivity index (χ0) is 13.8. The van der Waals surface area contributed by atoms with E-state index in [9.17, 15) is 5.26 Å². The highest BCUT2D eigenvalue weighted by Crippen LogP contribution is 2.38. The SMILES string of the molecule is CCCN1CC(CC)COc2c1ccc(N)c2C#N. The molecular formula is C15H21N3O. The van der Waals surface area contributed by atoms with E-state index in [2.05, 4.69) is 24.8 Å². The third kappa shape index (κ3) is 2.60. The fraction of sp³-hybridized carbons (Fsp3) is 0.533. The highest BCUT2D eigenvalue weighted by atomic mass is 16.5. The molecule has 1 heterocycles. The topological polar surface area (TPSA) is 62.3 Å². The van der Waals surface area contributed by atoms with Crippen molar-refractivity contribution >= 4 is 11.4 Å². The third-order valence-electron chi connectivity index (χ3n) is 3.63. The Morgan fingerprint density at radius 3 is 2.89 bits per heavy atom. The number of rotatable bonds is 3. The van der Waals surface area contributed by atoms with Crippen LogP contribution in [0.1, 0.15) is 32.3 Å². The van der Waals surface area contributed by atoms with Crippen molar-refractivity contribution in [2.24, 2.45) is 5.92 Å². The molecule has 1 unspecified atom stereocenters. The summed E-state index contributed by atoms with van der Waals surface area (Å²) in [6, 6.07) is 5.94. The second-order valence-electron chi connectivity index (χ2n) is 5.02. The number of fused-ring (bicyclic) bond motifs is 1. The molecule has 0 amide bonds. The number of benzene rings is 1. The Bertz CT molecular complexity index is 493. The largest absolute Gasteiger partial charge is 0.490 e. The van der Waals surface area contributed by atoms with Crippen LogP contribution in [-0.2, 0) is 0 Å². The van der Waals surface area contributed by atoms with Crippen LogP contribution in [0.5, 0.6) is 5.75 Å². The summed E-state index contributed by atoms with van der Waals surface area (Å²) in [5, 5.41) is 9.28. The molecule has 0 saturated heterocycles. The van der Waals surface area contributed by atoms with Gasteiger partial charge in [-0.2, -0.15) is 5.26 Å². The second-order valence-corrected chi connectivity index (χ2v) is 5.02. The normalized spacial score (nSPS) is 18.2. The smallest absolute Gasteiger partial charge is 0.162 e. The van der Waals surface area contributed by atoms with Crippen LogP contribution in [0, 0.1) is 17.2 Å². The van der Waals surface area contributed by atoms with Crippen LogP contribution in [0.2, 0.25) is 0 Å². The number of hydrogen-bond donors (Lipinski definition) is 1. The molecule has 19 heavy (non-hydrogen) atoms. The lowest BCUT2D eigenvalue weighted by Crippen LogP contribution is -2.30. The van der Waals surface area contributed by atoms with Crippen LogP contribution in [-0.4, -0.2) is 19.7 Å². The molecule has 102 valence electrons. The summed E-state index contributed by atoms with van der Waals surface area (Å²) in [4.78, 5) is 2.32. The van der Waals surface area contributed by atoms with Gasteiger partial charge in [0.15, 0.2) is 5.75 Å². The van der Waals surface area contributed by atoms with Crippen molar-refractivity contribution in [3.63, 3.8) is 0 Å². The first kappa shape index (κ1) is 13.5. The maximum atomic E-state index is 9.28. The van der Waals surface area contributed by atoms with Crippen LogP contribution in [0.4, 0.5) is 11.4 Å². The standard InChI is InChI=1S/C15H21N3O/c1-3-7-18-9-11(4-2)10-19-15-12(8-16)13(17)5-6-14(15)18/h5-6,11H,3-4,7,9-10,17H2,1-2H3. The van der Waals surface area contributed by atoms with E-state index in [-0.39, 0.29) is 0 Å². The number of nitriles is 1. The molecule has 1 aromatic carbocycles. The minimum absolute atomic E-state index is 0.468. The lowest BCUT2D eigenvalue weighted by atomic mass is 10.1. The number of hydrogen-bond acceptors (Lipinski definition) is 4. The van der Waals surface area contributed by atoms with E-state index in [0.29, 0.717) is 29.5 Å². The molecular weight excluding hydrogens is 238 g/mol. The second kappa shape index (κ2) is 5.83. The predicted octanol–water partition coefficient (Wildman–Crippen LogP) is 2.78. The Morgan fingerprint density at radius 2 is 2.26 bits per heavy atom. The van der Waals surface area contributed by atoms with Gasteiger partial charge in [-0.1, -0.05) is 13.8 Å². The maximum absolute atomic E-state index is 9.28. The van der Waals surface area contributed by atoms with Crippen molar-refractivity contribution in [3.8, 4) is 11.8 Å². The molecule has 0 spiro atoms. The molecule has 2 rings (SSSR count). The Balaban J connectivity index is 2.46. The highest BCUT2D eigenvalue weighted by molar-refractivity contribution is 5.73. The van der Waals surface area contributed by atoms with Crippen molar-refractivity contribution in [3.05, 3.63) is 17.7 Å². The first-order chi connectivity index (χ1) is 9.21. The zero-order valence-electron chi connectivity index (χ0n) is 11.6. The molecule has 1 atom stereocenters. The van der Waals surface area contributed by atoms with Crippen LogP contribution >= 0.6 is 0 Å². The van der Waals surface area contributed by atoms with Gasteiger partial charge in [-0.25, -0.2) is 0 Å². The van der Waals surface area contributed by atoms with Gasteiger partial charge in [-0.05, 0) is 25.0 Å². The summed E-state index contributed by atoms with van der Waals surface area (Å²) in [5.74, 6) is 1.15. The van der Waals surface area contributed by atoms with E-state index in [4.69, 9.17) is 10.5 Å². The summed E-state index contributed by atoms with van der Waals surface area (Å²) in [7, 11) is 0. The minimum Gasteiger partial charge on any atom is -0.490 e. The lowest BCUT2D eigenvalue weighted by Gasteiger charge is -2.25. The van der Waals surface area contributed by atoms with E-state index in [1.54, 1.807) is 6.07 Å². The highest BCUT2D eigenvalue weighted by Gasteiger charge is 2.24. The summed E-state index contributed by atoms with van der Waals surface area (Å²) < 4.78 is 5.89.